The van der Waals surface area contributed by atoms with E-state index in [0.29, 0.717) is 39.5 Å². The van der Waals surface area contributed by atoms with Crippen molar-refractivity contribution in [2.24, 2.45) is 0 Å². The summed E-state index contributed by atoms with van der Waals surface area (Å²) in [4.78, 5) is 14.5. The molecule has 0 spiro atoms. The third kappa shape index (κ3) is 7.96. The smallest absolute Gasteiger partial charge is 0.160 e. The highest BCUT2D eigenvalue weighted by atomic mass is 15.1. The zero-order valence-corrected chi connectivity index (χ0v) is 37.0. The second kappa shape index (κ2) is 18.1. The van der Waals surface area contributed by atoms with Crippen LogP contribution in [0.1, 0.15) is 16.7 Å². The van der Waals surface area contributed by atoms with Crippen molar-refractivity contribution < 1.29 is 0 Å². The lowest BCUT2D eigenvalue weighted by atomic mass is 10.0. The van der Waals surface area contributed by atoms with Gasteiger partial charge in [-0.1, -0.05) is 84.9 Å². The molecule has 0 aliphatic rings. The molecule has 2 heterocycles. The number of rotatable bonds is 10. The van der Waals surface area contributed by atoms with Gasteiger partial charge in [0.25, 0.3) is 0 Å². The second-order valence-corrected chi connectivity index (χ2v) is 16.4. The minimum Gasteiger partial charge on any atom is -0.310 e. The minimum absolute atomic E-state index is 0.435. The van der Waals surface area contributed by atoms with Crippen LogP contribution in [0.2, 0.25) is 0 Å². The average molecular weight is 883 g/mol. The molecule has 11 aromatic rings. The molecule has 11 rings (SSSR count). The average Bonchev–Trinajstić information content (AvgIpc) is 3.75. The molecule has 0 aliphatic heterocycles. The minimum atomic E-state index is 0.435. The van der Waals surface area contributed by atoms with Crippen molar-refractivity contribution >= 4 is 55.9 Å². The summed E-state index contributed by atoms with van der Waals surface area (Å²) in [5.41, 5.74) is 13.8. The Kier molecular flexibility index (Phi) is 10.9. The van der Waals surface area contributed by atoms with E-state index in [1.807, 2.05) is 72.8 Å². The molecule has 0 aliphatic carbocycles. The van der Waals surface area contributed by atoms with Crippen LogP contribution in [0, 0.1) is 34.0 Å². The number of hydrogen-bond acceptors (Lipinski definition) is 7. The molecule has 0 N–H and O–H groups in total. The van der Waals surface area contributed by atoms with Gasteiger partial charge in [-0.15, -0.1) is 0 Å². The SMILES string of the molecule is N#Cc1ccc(-c2cc(-c3ccc(-n4c5ccc(N(c6ccccc6)c6ccccc6)cc5c5cc(N(c6ccccc6)c6ccccc6)ccc54)cc3C#N)nc(-c3ccc(C#N)cc3)n2)cc1. The topological polar surface area (TPSA) is 109 Å². The first-order valence-corrected chi connectivity index (χ1v) is 22.4. The molecule has 8 nitrogen and oxygen atoms in total. The summed E-state index contributed by atoms with van der Waals surface area (Å²) in [6.07, 6.45) is 0. The summed E-state index contributed by atoms with van der Waals surface area (Å²) in [6.45, 7) is 0. The summed E-state index contributed by atoms with van der Waals surface area (Å²) >= 11 is 0. The van der Waals surface area contributed by atoms with Crippen molar-refractivity contribution in [1.82, 2.24) is 14.5 Å². The fourth-order valence-corrected chi connectivity index (χ4v) is 9.02. The number of aromatic nitrogens is 3. The van der Waals surface area contributed by atoms with Crippen molar-refractivity contribution in [3.63, 3.8) is 0 Å². The van der Waals surface area contributed by atoms with Crippen LogP contribution >= 0.6 is 0 Å². The molecule has 69 heavy (non-hydrogen) atoms. The van der Waals surface area contributed by atoms with Gasteiger partial charge in [0.15, 0.2) is 5.82 Å². The van der Waals surface area contributed by atoms with Gasteiger partial charge in [-0.05, 0) is 146 Å². The van der Waals surface area contributed by atoms with Crippen molar-refractivity contribution in [1.29, 1.82) is 15.8 Å². The lowest BCUT2D eigenvalue weighted by molar-refractivity contribution is 1.16. The maximum Gasteiger partial charge on any atom is 0.160 e. The monoisotopic (exact) mass is 882 g/mol. The van der Waals surface area contributed by atoms with Gasteiger partial charge in [-0.2, -0.15) is 15.8 Å². The molecule has 322 valence electrons. The molecular formula is C61H38N8. The predicted octanol–water partition coefficient (Wildman–Crippen LogP) is 15.1. The molecule has 9 aromatic carbocycles. The zero-order chi connectivity index (χ0) is 46.7. The molecule has 2 aromatic heterocycles. The number of para-hydroxylation sites is 4. The van der Waals surface area contributed by atoms with Crippen molar-refractivity contribution in [3.8, 4) is 57.8 Å². The third-order valence-corrected chi connectivity index (χ3v) is 12.3. The van der Waals surface area contributed by atoms with E-state index in [9.17, 15) is 15.8 Å². The lowest BCUT2D eigenvalue weighted by Crippen LogP contribution is -2.09. The number of nitrogens with zero attached hydrogens (tertiary/aromatic N) is 8. The largest absolute Gasteiger partial charge is 0.310 e. The molecule has 0 radical (unpaired) electrons. The highest BCUT2D eigenvalue weighted by molar-refractivity contribution is 6.12. The Morgan fingerprint density at radius 1 is 0.362 bits per heavy atom. The predicted molar refractivity (Wildman–Crippen MR) is 276 cm³/mol. The van der Waals surface area contributed by atoms with E-state index in [2.05, 4.69) is 166 Å². The number of nitriles is 3. The molecule has 0 unspecified atom stereocenters. The first kappa shape index (κ1) is 41.6. The van der Waals surface area contributed by atoms with Gasteiger partial charge in [0.05, 0.1) is 57.3 Å². The van der Waals surface area contributed by atoms with Crippen LogP contribution in [0.5, 0.6) is 0 Å². The summed E-state index contributed by atoms with van der Waals surface area (Å²) in [7, 11) is 0. The maximum atomic E-state index is 11.0. The Morgan fingerprint density at radius 2 is 0.797 bits per heavy atom. The summed E-state index contributed by atoms with van der Waals surface area (Å²) in [5.74, 6) is 0.443. The van der Waals surface area contributed by atoms with Gasteiger partial charge in [-0.25, -0.2) is 9.97 Å². The van der Waals surface area contributed by atoms with Gasteiger partial charge in [0, 0.05) is 67.3 Å². The second-order valence-electron chi connectivity index (χ2n) is 16.4. The highest BCUT2D eigenvalue weighted by Gasteiger charge is 2.22. The Hall–Kier alpha value is -10.1. The molecule has 0 fully saturated rings. The van der Waals surface area contributed by atoms with Crippen molar-refractivity contribution in [2.45, 2.75) is 0 Å². The van der Waals surface area contributed by atoms with Crippen LogP contribution in [-0.2, 0) is 0 Å². The molecule has 0 saturated carbocycles. The highest BCUT2D eigenvalue weighted by Crippen LogP contribution is 2.43. The van der Waals surface area contributed by atoms with Crippen LogP contribution in [0.4, 0.5) is 34.1 Å². The van der Waals surface area contributed by atoms with E-state index < -0.39 is 0 Å². The van der Waals surface area contributed by atoms with E-state index in [-0.39, 0.29) is 0 Å². The quantitative estimate of drug-likeness (QED) is 0.135. The molecule has 8 heteroatoms. The van der Waals surface area contributed by atoms with E-state index in [1.54, 1.807) is 24.3 Å². The number of benzene rings is 9. The molecule has 0 saturated heterocycles. The Bertz CT molecular complexity index is 3500. The maximum absolute atomic E-state index is 11.0. The fourth-order valence-electron chi connectivity index (χ4n) is 9.02. The van der Waals surface area contributed by atoms with Crippen molar-refractivity contribution in [2.75, 3.05) is 9.80 Å². The van der Waals surface area contributed by atoms with E-state index >= 15 is 0 Å². The van der Waals surface area contributed by atoms with E-state index in [4.69, 9.17) is 9.97 Å². The van der Waals surface area contributed by atoms with Gasteiger partial charge < -0.3 is 14.4 Å². The first-order valence-electron chi connectivity index (χ1n) is 22.4. The fraction of sp³-hybridized carbons (Fsp3) is 0. The summed E-state index contributed by atoms with van der Waals surface area (Å²) < 4.78 is 2.23. The standard InChI is InChI=1S/C61H38N8/c62-39-42-21-25-44(26-22-42)57-38-58(66-61(65-57)45-27-23-43(40-63)24-28-45)54-32-29-51(35-46(54)41-64)69-59-33-30-52(67(47-13-5-1-6-14-47)48-15-7-2-8-16-48)36-55(59)56-37-53(31-34-60(56)69)68(49-17-9-3-10-18-49)50-19-11-4-12-20-50/h1-38H. The Morgan fingerprint density at radius 3 is 1.23 bits per heavy atom. The van der Waals surface area contributed by atoms with Gasteiger partial charge in [-0.3, -0.25) is 0 Å². The van der Waals surface area contributed by atoms with Gasteiger partial charge in [0.2, 0.25) is 0 Å². The van der Waals surface area contributed by atoms with Crippen LogP contribution < -0.4 is 9.80 Å². The van der Waals surface area contributed by atoms with Crippen LogP contribution in [0.15, 0.2) is 231 Å². The summed E-state index contributed by atoms with van der Waals surface area (Å²) in [5, 5.41) is 32.0. The van der Waals surface area contributed by atoms with E-state index in [0.717, 1.165) is 72.7 Å². The van der Waals surface area contributed by atoms with Crippen molar-refractivity contribution in [3.05, 3.63) is 247 Å². The normalized spacial score (nSPS) is 10.9. The van der Waals surface area contributed by atoms with Crippen LogP contribution in [0.3, 0.4) is 0 Å². The molecular weight excluding hydrogens is 845 g/mol. The first-order chi connectivity index (χ1) is 34.1. The zero-order valence-electron chi connectivity index (χ0n) is 37.0. The number of hydrogen-bond donors (Lipinski definition) is 0. The number of fused-ring (bicyclic) bond motifs is 3. The Labute approximate surface area is 399 Å². The molecule has 0 bridgehead atoms. The lowest BCUT2D eigenvalue weighted by Gasteiger charge is -2.26. The molecule has 0 atom stereocenters. The molecule has 0 amide bonds. The van der Waals surface area contributed by atoms with Crippen LogP contribution in [0.25, 0.3) is 61.4 Å². The van der Waals surface area contributed by atoms with E-state index in [1.165, 1.54) is 0 Å². The number of anilines is 6. The van der Waals surface area contributed by atoms with Gasteiger partial charge >= 0.3 is 0 Å². The van der Waals surface area contributed by atoms with Crippen LogP contribution in [-0.4, -0.2) is 14.5 Å². The third-order valence-electron chi connectivity index (χ3n) is 12.3. The summed E-state index contributed by atoms with van der Waals surface area (Å²) in [6, 6.07) is 83.8. The van der Waals surface area contributed by atoms with Gasteiger partial charge in [0.1, 0.15) is 0 Å². The Balaban J connectivity index is 1.11.